The van der Waals surface area contributed by atoms with Crippen molar-refractivity contribution in [2.24, 2.45) is 5.92 Å². The van der Waals surface area contributed by atoms with E-state index in [0.717, 1.165) is 36.0 Å². The van der Waals surface area contributed by atoms with E-state index >= 15 is 0 Å². The van der Waals surface area contributed by atoms with Crippen LogP contribution >= 0.6 is 0 Å². The molecule has 1 aliphatic carbocycles. The predicted octanol–water partition coefficient (Wildman–Crippen LogP) is 3.33. The Labute approximate surface area is 122 Å². The molecule has 112 valence electrons. The molecule has 4 nitrogen and oxygen atoms in total. The second-order valence-electron chi connectivity index (χ2n) is 6.25. The summed E-state index contributed by atoms with van der Waals surface area (Å²) >= 11 is 0. The Hall–Kier alpha value is -1.32. The molecular formula is C16H28N4. The Morgan fingerprint density at radius 3 is 2.45 bits per heavy atom. The van der Waals surface area contributed by atoms with E-state index in [4.69, 9.17) is 10.7 Å². The average Bonchev–Trinajstić information content (AvgIpc) is 2.43. The van der Waals surface area contributed by atoms with Gasteiger partial charge in [0.05, 0.1) is 0 Å². The first-order valence-corrected chi connectivity index (χ1v) is 7.88. The normalized spacial score (nSPS) is 22.8. The molecule has 0 amide bonds. The van der Waals surface area contributed by atoms with E-state index < -0.39 is 0 Å². The van der Waals surface area contributed by atoms with Crippen molar-refractivity contribution < 1.29 is 0 Å². The lowest BCUT2D eigenvalue weighted by Crippen LogP contribution is -2.36. The van der Waals surface area contributed by atoms with Crippen molar-refractivity contribution in [3.05, 3.63) is 11.4 Å². The van der Waals surface area contributed by atoms with Gasteiger partial charge in [-0.05, 0) is 44.9 Å². The van der Waals surface area contributed by atoms with Crippen LogP contribution in [0.15, 0.2) is 0 Å². The van der Waals surface area contributed by atoms with Crippen LogP contribution in [0.3, 0.4) is 0 Å². The molecule has 1 aromatic rings. The minimum atomic E-state index is 0.591. The molecule has 1 aliphatic rings. The summed E-state index contributed by atoms with van der Waals surface area (Å²) < 4.78 is 0. The van der Waals surface area contributed by atoms with E-state index in [-0.39, 0.29) is 0 Å². The highest BCUT2D eigenvalue weighted by molar-refractivity contribution is 5.56. The Kier molecular flexibility index (Phi) is 4.84. The van der Waals surface area contributed by atoms with Gasteiger partial charge in [-0.15, -0.1) is 0 Å². The zero-order valence-corrected chi connectivity index (χ0v) is 13.3. The maximum atomic E-state index is 6.06. The summed E-state index contributed by atoms with van der Waals surface area (Å²) in [5.41, 5.74) is 7.08. The summed E-state index contributed by atoms with van der Waals surface area (Å²) in [4.78, 5) is 11.5. The van der Waals surface area contributed by atoms with Gasteiger partial charge in [0.15, 0.2) is 0 Å². The molecular weight excluding hydrogens is 248 g/mol. The molecule has 2 N–H and O–H groups in total. The quantitative estimate of drug-likeness (QED) is 0.916. The number of rotatable bonds is 4. The molecule has 0 radical (unpaired) electrons. The van der Waals surface area contributed by atoms with Gasteiger partial charge >= 0.3 is 0 Å². The summed E-state index contributed by atoms with van der Waals surface area (Å²) in [6, 6.07) is 0.591. The Balaban J connectivity index is 2.21. The molecule has 20 heavy (non-hydrogen) atoms. The van der Waals surface area contributed by atoms with Crippen molar-refractivity contribution in [2.75, 3.05) is 17.7 Å². The topological polar surface area (TPSA) is 55.0 Å². The highest BCUT2D eigenvalue weighted by atomic mass is 15.2. The maximum Gasteiger partial charge on any atom is 0.137 e. The lowest BCUT2D eigenvalue weighted by Gasteiger charge is -2.35. The third-order valence-corrected chi connectivity index (χ3v) is 4.54. The zero-order valence-electron chi connectivity index (χ0n) is 13.3. The zero-order chi connectivity index (χ0) is 14.7. The molecule has 0 unspecified atom stereocenters. The second-order valence-corrected chi connectivity index (χ2v) is 6.25. The van der Waals surface area contributed by atoms with Gasteiger partial charge in [0.25, 0.3) is 0 Å². The molecule has 1 aromatic heterocycles. The van der Waals surface area contributed by atoms with E-state index in [1.807, 2.05) is 6.92 Å². The predicted molar refractivity (Wildman–Crippen MR) is 85.0 cm³/mol. The van der Waals surface area contributed by atoms with Crippen molar-refractivity contribution in [3.63, 3.8) is 0 Å². The van der Waals surface area contributed by atoms with Crippen LogP contribution in [0.2, 0.25) is 0 Å². The molecule has 1 saturated carbocycles. The van der Waals surface area contributed by atoms with Gasteiger partial charge in [-0.25, -0.2) is 9.97 Å². The summed E-state index contributed by atoms with van der Waals surface area (Å²) in [6.07, 6.45) is 7.08. The van der Waals surface area contributed by atoms with E-state index in [9.17, 15) is 0 Å². The lowest BCUT2D eigenvalue weighted by atomic mass is 9.86. The molecule has 1 heterocycles. The van der Waals surface area contributed by atoms with Crippen molar-refractivity contribution in [3.8, 4) is 0 Å². The van der Waals surface area contributed by atoms with E-state index in [2.05, 4.69) is 30.8 Å². The largest absolute Gasteiger partial charge is 0.383 e. The molecule has 0 spiro atoms. The van der Waals surface area contributed by atoms with E-state index in [1.165, 1.54) is 25.7 Å². The number of nitrogens with two attached hydrogens (primary N) is 1. The van der Waals surface area contributed by atoms with Gasteiger partial charge < -0.3 is 10.6 Å². The van der Waals surface area contributed by atoms with Gasteiger partial charge in [0.2, 0.25) is 0 Å². The first kappa shape index (κ1) is 15.1. The molecule has 0 aliphatic heterocycles. The van der Waals surface area contributed by atoms with Crippen LogP contribution in [0.25, 0.3) is 0 Å². The summed E-state index contributed by atoms with van der Waals surface area (Å²) in [5.74, 6) is 3.41. The molecule has 1 fully saturated rings. The summed E-state index contributed by atoms with van der Waals surface area (Å²) in [6.45, 7) is 6.52. The lowest BCUT2D eigenvalue weighted by molar-refractivity contribution is 0.339. The Morgan fingerprint density at radius 2 is 1.85 bits per heavy atom. The van der Waals surface area contributed by atoms with Crippen LogP contribution in [0.1, 0.15) is 57.3 Å². The SMILES string of the molecule is CCCc1nc(N)c(C)c(N(C)C2CCC(C)CC2)n1. The number of aromatic nitrogens is 2. The highest BCUT2D eigenvalue weighted by Crippen LogP contribution is 2.31. The monoisotopic (exact) mass is 276 g/mol. The number of anilines is 2. The maximum absolute atomic E-state index is 6.06. The minimum absolute atomic E-state index is 0.591. The number of aryl methyl sites for hydroxylation is 1. The van der Waals surface area contributed by atoms with Crippen LogP contribution in [0.4, 0.5) is 11.6 Å². The average molecular weight is 276 g/mol. The standard InChI is InChI=1S/C16H28N4/c1-5-6-14-18-15(17)12(3)16(19-14)20(4)13-9-7-11(2)8-10-13/h11,13H,5-10H2,1-4H3,(H2,17,18,19). The van der Waals surface area contributed by atoms with Crippen molar-refractivity contribution in [1.29, 1.82) is 0 Å². The van der Waals surface area contributed by atoms with Crippen LogP contribution in [0, 0.1) is 12.8 Å². The first-order valence-electron chi connectivity index (χ1n) is 7.88. The third kappa shape index (κ3) is 3.22. The van der Waals surface area contributed by atoms with E-state index in [1.54, 1.807) is 0 Å². The van der Waals surface area contributed by atoms with Gasteiger partial charge in [-0.2, -0.15) is 0 Å². The fourth-order valence-corrected chi connectivity index (χ4v) is 3.05. The summed E-state index contributed by atoms with van der Waals surface area (Å²) in [7, 11) is 2.16. The number of nitrogens with zero attached hydrogens (tertiary/aromatic N) is 3. The number of nitrogen functional groups attached to an aromatic ring is 1. The van der Waals surface area contributed by atoms with Gasteiger partial charge in [-0.3, -0.25) is 0 Å². The molecule has 0 atom stereocenters. The second kappa shape index (κ2) is 6.42. The molecule has 0 aromatic carbocycles. The molecule has 0 saturated heterocycles. The Bertz CT molecular complexity index is 450. The fourth-order valence-electron chi connectivity index (χ4n) is 3.05. The number of hydrogen-bond acceptors (Lipinski definition) is 4. The molecule has 2 rings (SSSR count). The van der Waals surface area contributed by atoms with Gasteiger partial charge in [0.1, 0.15) is 17.5 Å². The minimum Gasteiger partial charge on any atom is -0.383 e. The van der Waals surface area contributed by atoms with E-state index in [0.29, 0.717) is 11.9 Å². The van der Waals surface area contributed by atoms with Crippen molar-refractivity contribution in [2.45, 2.75) is 65.3 Å². The van der Waals surface area contributed by atoms with Gasteiger partial charge in [0, 0.05) is 25.1 Å². The smallest absolute Gasteiger partial charge is 0.137 e. The third-order valence-electron chi connectivity index (χ3n) is 4.54. The molecule has 4 heteroatoms. The van der Waals surface area contributed by atoms with Crippen LogP contribution in [-0.4, -0.2) is 23.1 Å². The molecule has 0 bridgehead atoms. The highest BCUT2D eigenvalue weighted by Gasteiger charge is 2.24. The first-order chi connectivity index (χ1) is 9.52. The van der Waals surface area contributed by atoms with Gasteiger partial charge in [-0.1, -0.05) is 13.8 Å². The van der Waals surface area contributed by atoms with Crippen molar-refractivity contribution >= 4 is 11.6 Å². The Morgan fingerprint density at radius 1 is 1.20 bits per heavy atom. The fraction of sp³-hybridized carbons (Fsp3) is 0.750. The van der Waals surface area contributed by atoms with Crippen LogP contribution < -0.4 is 10.6 Å². The van der Waals surface area contributed by atoms with Crippen LogP contribution in [0.5, 0.6) is 0 Å². The van der Waals surface area contributed by atoms with Crippen molar-refractivity contribution in [1.82, 2.24) is 9.97 Å². The summed E-state index contributed by atoms with van der Waals surface area (Å²) in [5, 5.41) is 0. The van der Waals surface area contributed by atoms with Crippen LogP contribution in [-0.2, 0) is 6.42 Å². The number of hydrogen-bond donors (Lipinski definition) is 1.